The van der Waals surface area contributed by atoms with Crippen LogP contribution in [0.2, 0.25) is 0 Å². The minimum absolute atomic E-state index is 0.0570. The van der Waals surface area contributed by atoms with Gasteiger partial charge in [-0.15, -0.1) is 0 Å². The minimum Gasteiger partial charge on any atom is -0.472 e. The molecule has 0 amide bonds. The van der Waals surface area contributed by atoms with E-state index in [0.717, 1.165) is 6.54 Å². The summed E-state index contributed by atoms with van der Waals surface area (Å²) < 4.78 is 6.56. The third-order valence-electron chi connectivity index (χ3n) is 2.00. The number of hydrogen-bond donors (Lipinski definition) is 0. The highest BCUT2D eigenvalue weighted by Gasteiger charge is 2.11. The molecule has 2 aromatic heterocycles. The van der Waals surface area contributed by atoms with Crippen LogP contribution in [0.1, 0.15) is 22.8 Å². The maximum atomic E-state index is 11.7. The first-order valence-corrected chi connectivity index (χ1v) is 4.40. The monoisotopic (exact) mass is 190 g/mol. The lowest BCUT2D eigenvalue weighted by molar-refractivity contribution is 0.103. The minimum atomic E-state index is -0.0570. The van der Waals surface area contributed by atoms with Gasteiger partial charge in [0.25, 0.3) is 0 Å². The Balaban J connectivity index is 2.28. The van der Waals surface area contributed by atoms with Crippen LogP contribution in [0.25, 0.3) is 0 Å². The van der Waals surface area contributed by atoms with Crippen LogP contribution >= 0.6 is 0 Å². The van der Waals surface area contributed by atoms with Crippen molar-refractivity contribution in [3.05, 3.63) is 42.1 Å². The molecule has 0 saturated heterocycles. The summed E-state index contributed by atoms with van der Waals surface area (Å²) in [5, 5.41) is 4.03. The first kappa shape index (κ1) is 8.74. The van der Waals surface area contributed by atoms with Crippen LogP contribution in [-0.2, 0) is 6.54 Å². The van der Waals surface area contributed by atoms with Gasteiger partial charge in [-0.3, -0.25) is 9.48 Å². The standard InChI is InChI=1S/C10H10N2O2/c1-2-12-6-9(5-11-12)10(13)8-3-4-14-7-8/h3-7H,2H2,1H3. The Bertz CT molecular complexity index is 429. The van der Waals surface area contributed by atoms with Crippen molar-refractivity contribution in [3.63, 3.8) is 0 Å². The molecule has 0 spiro atoms. The van der Waals surface area contributed by atoms with E-state index < -0.39 is 0 Å². The lowest BCUT2D eigenvalue weighted by Gasteiger charge is -1.91. The van der Waals surface area contributed by atoms with E-state index >= 15 is 0 Å². The number of ketones is 1. The number of hydrogen-bond acceptors (Lipinski definition) is 3. The second kappa shape index (κ2) is 3.49. The Hall–Kier alpha value is -1.84. The molecule has 4 nitrogen and oxygen atoms in total. The van der Waals surface area contributed by atoms with E-state index in [2.05, 4.69) is 5.10 Å². The van der Waals surface area contributed by atoms with E-state index in [1.807, 2.05) is 6.92 Å². The van der Waals surface area contributed by atoms with Gasteiger partial charge >= 0.3 is 0 Å². The molecule has 2 aromatic rings. The topological polar surface area (TPSA) is 48.0 Å². The molecule has 0 aromatic carbocycles. The number of nitrogens with zero attached hydrogens (tertiary/aromatic N) is 2. The van der Waals surface area contributed by atoms with Crippen LogP contribution in [0.15, 0.2) is 35.4 Å². The van der Waals surface area contributed by atoms with Gasteiger partial charge in [-0.05, 0) is 13.0 Å². The van der Waals surface area contributed by atoms with Crippen molar-refractivity contribution in [2.45, 2.75) is 13.5 Å². The zero-order valence-electron chi connectivity index (χ0n) is 7.80. The second-order valence-corrected chi connectivity index (χ2v) is 2.93. The Kier molecular flexibility index (Phi) is 2.18. The van der Waals surface area contributed by atoms with Crippen molar-refractivity contribution < 1.29 is 9.21 Å². The number of carbonyl (C=O) groups is 1. The molecule has 0 aliphatic carbocycles. The zero-order valence-corrected chi connectivity index (χ0v) is 7.80. The highest BCUT2D eigenvalue weighted by Crippen LogP contribution is 2.09. The first-order chi connectivity index (χ1) is 6.81. The van der Waals surface area contributed by atoms with Crippen LogP contribution in [0.3, 0.4) is 0 Å². The normalized spacial score (nSPS) is 10.4. The molecule has 0 N–H and O–H groups in total. The molecule has 0 aliphatic heterocycles. The van der Waals surface area contributed by atoms with Gasteiger partial charge in [0.15, 0.2) is 5.78 Å². The summed E-state index contributed by atoms with van der Waals surface area (Å²) in [6.45, 7) is 2.73. The van der Waals surface area contributed by atoms with Gasteiger partial charge in [-0.25, -0.2) is 0 Å². The average Bonchev–Trinajstić information content (AvgIpc) is 2.88. The molecule has 14 heavy (non-hydrogen) atoms. The van der Waals surface area contributed by atoms with Gasteiger partial charge in [0, 0.05) is 12.7 Å². The molecule has 0 bridgehead atoms. The summed E-state index contributed by atoms with van der Waals surface area (Å²) in [7, 11) is 0. The molecule has 0 aliphatic rings. The third-order valence-corrected chi connectivity index (χ3v) is 2.00. The van der Waals surface area contributed by atoms with Gasteiger partial charge in [0.2, 0.25) is 0 Å². The molecule has 72 valence electrons. The summed E-state index contributed by atoms with van der Waals surface area (Å²) in [6, 6.07) is 1.64. The molecular weight excluding hydrogens is 180 g/mol. The molecule has 0 fully saturated rings. The van der Waals surface area contributed by atoms with Crippen molar-refractivity contribution in [1.82, 2.24) is 9.78 Å². The summed E-state index contributed by atoms with van der Waals surface area (Å²) in [4.78, 5) is 11.7. The van der Waals surface area contributed by atoms with E-state index in [4.69, 9.17) is 4.42 Å². The number of aromatic nitrogens is 2. The van der Waals surface area contributed by atoms with Crippen LogP contribution in [-0.4, -0.2) is 15.6 Å². The lowest BCUT2D eigenvalue weighted by atomic mass is 10.1. The molecule has 0 saturated carbocycles. The summed E-state index contributed by atoms with van der Waals surface area (Å²) >= 11 is 0. The van der Waals surface area contributed by atoms with Crippen LogP contribution in [0.5, 0.6) is 0 Å². The average molecular weight is 190 g/mol. The van der Waals surface area contributed by atoms with E-state index in [1.54, 1.807) is 23.1 Å². The second-order valence-electron chi connectivity index (χ2n) is 2.93. The largest absolute Gasteiger partial charge is 0.472 e. The van der Waals surface area contributed by atoms with Crippen LogP contribution in [0.4, 0.5) is 0 Å². The molecule has 4 heteroatoms. The summed E-state index contributed by atoms with van der Waals surface area (Å²) in [5.41, 5.74) is 1.15. The lowest BCUT2D eigenvalue weighted by Crippen LogP contribution is -1.98. The van der Waals surface area contributed by atoms with E-state index in [9.17, 15) is 4.79 Å². The SMILES string of the molecule is CCn1cc(C(=O)c2ccoc2)cn1. The number of carbonyl (C=O) groups excluding carboxylic acids is 1. The highest BCUT2D eigenvalue weighted by atomic mass is 16.3. The van der Waals surface area contributed by atoms with Crippen molar-refractivity contribution in [3.8, 4) is 0 Å². The Labute approximate surface area is 81.1 Å². The maximum Gasteiger partial charge on any atom is 0.199 e. The number of furan rings is 1. The molecule has 0 atom stereocenters. The van der Waals surface area contributed by atoms with E-state index in [0.29, 0.717) is 11.1 Å². The van der Waals surface area contributed by atoms with E-state index in [1.165, 1.54) is 12.5 Å². The smallest absolute Gasteiger partial charge is 0.199 e. The summed E-state index contributed by atoms with van der Waals surface area (Å²) in [5.74, 6) is -0.0570. The Morgan fingerprint density at radius 2 is 2.43 bits per heavy atom. The molecule has 0 unspecified atom stereocenters. The fourth-order valence-corrected chi connectivity index (χ4v) is 1.21. The Morgan fingerprint density at radius 3 is 3.00 bits per heavy atom. The quantitative estimate of drug-likeness (QED) is 0.692. The van der Waals surface area contributed by atoms with Gasteiger partial charge in [-0.1, -0.05) is 0 Å². The molecular formula is C10H10N2O2. The highest BCUT2D eigenvalue weighted by molar-refractivity contribution is 6.08. The maximum absolute atomic E-state index is 11.7. The Morgan fingerprint density at radius 1 is 1.57 bits per heavy atom. The van der Waals surface area contributed by atoms with Crippen molar-refractivity contribution in [2.75, 3.05) is 0 Å². The third kappa shape index (κ3) is 1.46. The first-order valence-electron chi connectivity index (χ1n) is 4.40. The molecule has 2 heterocycles. The van der Waals surface area contributed by atoms with Crippen molar-refractivity contribution >= 4 is 5.78 Å². The number of rotatable bonds is 3. The van der Waals surface area contributed by atoms with Crippen LogP contribution in [0, 0.1) is 0 Å². The predicted octanol–water partition coefficient (Wildman–Crippen LogP) is 1.73. The number of aryl methyl sites for hydroxylation is 1. The van der Waals surface area contributed by atoms with E-state index in [-0.39, 0.29) is 5.78 Å². The van der Waals surface area contributed by atoms with Gasteiger partial charge in [-0.2, -0.15) is 5.10 Å². The van der Waals surface area contributed by atoms with Gasteiger partial charge in [0.1, 0.15) is 6.26 Å². The summed E-state index contributed by atoms with van der Waals surface area (Å²) in [6.07, 6.45) is 6.22. The van der Waals surface area contributed by atoms with Crippen LogP contribution < -0.4 is 0 Å². The van der Waals surface area contributed by atoms with Crippen molar-refractivity contribution in [2.24, 2.45) is 0 Å². The zero-order chi connectivity index (χ0) is 9.97. The fourth-order valence-electron chi connectivity index (χ4n) is 1.21. The van der Waals surface area contributed by atoms with Crippen molar-refractivity contribution in [1.29, 1.82) is 0 Å². The fraction of sp³-hybridized carbons (Fsp3) is 0.200. The molecule has 0 radical (unpaired) electrons. The predicted molar refractivity (Wildman–Crippen MR) is 50.0 cm³/mol. The van der Waals surface area contributed by atoms with Gasteiger partial charge < -0.3 is 4.42 Å². The molecule has 2 rings (SSSR count). The van der Waals surface area contributed by atoms with Gasteiger partial charge in [0.05, 0.1) is 23.6 Å².